The zero-order valence-electron chi connectivity index (χ0n) is 19.9. The van der Waals surface area contributed by atoms with Crippen LogP contribution in [0.2, 0.25) is 0 Å². The quantitative estimate of drug-likeness (QED) is 0.577. The minimum absolute atomic E-state index is 0.00155. The van der Waals surface area contributed by atoms with Crippen molar-refractivity contribution >= 4 is 22.9 Å². The Balaban J connectivity index is 1.27. The highest BCUT2D eigenvalue weighted by atomic mass is 16.6. The maximum Gasteiger partial charge on any atom is 0.407 e. The predicted molar refractivity (Wildman–Crippen MR) is 128 cm³/mol. The van der Waals surface area contributed by atoms with Crippen molar-refractivity contribution in [2.45, 2.75) is 52.1 Å². The van der Waals surface area contributed by atoms with E-state index in [1.54, 1.807) is 0 Å². The molecule has 1 aliphatic heterocycles. The number of fused-ring (bicyclic) bond motifs is 1. The van der Waals surface area contributed by atoms with Crippen LogP contribution in [0.3, 0.4) is 0 Å². The monoisotopic (exact) mass is 442 g/mol. The molecule has 0 aliphatic carbocycles. The van der Waals surface area contributed by atoms with Crippen LogP contribution in [0.5, 0.6) is 0 Å². The number of carbonyl (C=O) groups excluding carboxylic acids is 2. The van der Waals surface area contributed by atoms with Crippen LogP contribution in [0.15, 0.2) is 30.5 Å². The molecule has 32 heavy (non-hydrogen) atoms. The van der Waals surface area contributed by atoms with Gasteiger partial charge in [0.15, 0.2) is 0 Å². The average Bonchev–Trinajstić information content (AvgIpc) is 3.32. The molecule has 1 aliphatic rings. The van der Waals surface area contributed by atoms with Gasteiger partial charge in [-0.05, 0) is 65.1 Å². The molecule has 2 aromatic rings. The zero-order chi connectivity index (χ0) is 23.1. The molecule has 0 unspecified atom stereocenters. The smallest absolute Gasteiger partial charge is 0.407 e. The summed E-state index contributed by atoms with van der Waals surface area (Å²) in [7, 11) is 1.97. The Morgan fingerprint density at radius 2 is 1.91 bits per heavy atom. The molecule has 1 aromatic heterocycles. The van der Waals surface area contributed by atoms with Crippen molar-refractivity contribution < 1.29 is 14.3 Å². The van der Waals surface area contributed by atoms with E-state index in [9.17, 15) is 9.59 Å². The second kappa shape index (κ2) is 10.9. The van der Waals surface area contributed by atoms with Crippen molar-refractivity contribution in [2.75, 3.05) is 32.7 Å². The standard InChI is InChI=1S/C25H38N4O3/c1-25(2,3)32-24(31)27-16-19-12-15-29(17-19)14-9-5-8-13-26-23(30)21-18-28(4)22-11-7-6-10-20(21)22/h6-7,10-11,18-19H,5,8-9,12-17H2,1-4H3,(H,26,30)(H,27,31)/t19-/m1/s1. The van der Waals surface area contributed by atoms with Crippen LogP contribution in [-0.4, -0.2) is 59.8 Å². The first-order valence-electron chi connectivity index (χ1n) is 11.7. The van der Waals surface area contributed by atoms with Crippen molar-refractivity contribution in [1.29, 1.82) is 0 Å². The van der Waals surface area contributed by atoms with Crippen molar-refractivity contribution in [1.82, 2.24) is 20.1 Å². The van der Waals surface area contributed by atoms with Crippen LogP contribution >= 0.6 is 0 Å². The van der Waals surface area contributed by atoms with Gasteiger partial charge in [-0.25, -0.2) is 4.79 Å². The highest BCUT2D eigenvalue weighted by Crippen LogP contribution is 2.20. The number of hydrogen-bond acceptors (Lipinski definition) is 4. The van der Waals surface area contributed by atoms with Gasteiger partial charge in [0.1, 0.15) is 5.60 Å². The molecule has 2 N–H and O–H groups in total. The fourth-order valence-corrected chi connectivity index (χ4v) is 4.28. The van der Waals surface area contributed by atoms with E-state index in [4.69, 9.17) is 4.74 Å². The number of alkyl carbamates (subject to hydrolysis) is 1. The fraction of sp³-hybridized carbons (Fsp3) is 0.600. The average molecular weight is 443 g/mol. The molecule has 7 nitrogen and oxygen atoms in total. The number of aromatic nitrogens is 1. The largest absolute Gasteiger partial charge is 0.444 e. The van der Waals surface area contributed by atoms with E-state index in [2.05, 4.69) is 15.5 Å². The summed E-state index contributed by atoms with van der Waals surface area (Å²) in [6.07, 6.45) is 5.87. The predicted octanol–water partition coefficient (Wildman–Crippen LogP) is 3.93. The van der Waals surface area contributed by atoms with Crippen LogP contribution < -0.4 is 10.6 Å². The van der Waals surface area contributed by atoms with Gasteiger partial charge in [-0.2, -0.15) is 0 Å². The molecule has 0 spiro atoms. The Morgan fingerprint density at radius 1 is 1.12 bits per heavy atom. The molecule has 1 saturated heterocycles. The number of para-hydroxylation sites is 1. The normalized spacial score (nSPS) is 16.9. The number of amides is 2. The number of hydrogen-bond donors (Lipinski definition) is 2. The van der Waals surface area contributed by atoms with Gasteiger partial charge in [-0.1, -0.05) is 24.6 Å². The number of aryl methyl sites for hydroxylation is 1. The number of benzene rings is 1. The van der Waals surface area contributed by atoms with Gasteiger partial charge in [-0.3, -0.25) is 4.79 Å². The van der Waals surface area contributed by atoms with Crippen molar-refractivity contribution in [2.24, 2.45) is 13.0 Å². The maximum absolute atomic E-state index is 12.6. The Labute approximate surface area is 191 Å². The summed E-state index contributed by atoms with van der Waals surface area (Å²) < 4.78 is 7.30. The third-order valence-electron chi connectivity index (χ3n) is 5.88. The lowest BCUT2D eigenvalue weighted by molar-refractivity contribution is 0.0519. The van der Waals surface area contributed by atoms with Gasteiger partial charge >= 0.3 is 6.09 Å². The summed E-state index contributed by atoms with van der Waals surface area (Å²) in [4.78, 5) is 26.8. The third-order valence-corrected chi connectivity index (χ3v) is 5.88. The van der Waals surface area contributed by atoms with E-state index >= 15 is 0 Å². The van der Waals surface area contributed by atoms with Crippen molar-refractivity contribution in [3.8, 4) is 0 Å². The van der Waals surface area contributed by atoms with Crippen LogP contribution in [0, 0.1) is 5.92 Å². The van der Waals surface area contributed by atoms with E-state index in [0.717, 1.165) is 61.8 Å². The Bertz CT molecular complexity index is 916. The number of rotatable bonds is 9. The Kier molecular flexibility index (Phi) is 8.18. The summed E-state index contributed by atoms with van der Waals surface area (Å²) in [5, 5.41) is 6.96. The molecule has 0 bridgehead atoms. The first-order valence-corrected chi connectivity index (χ1v) is 11.7. The van der Waals surface area contributed by atoms with Gasteiger partial charge in [0.25, 0.3) is 5.91 Å². The molecular formula is C25H38N4O3. The number of ether oxygens (including phenoxy) is 1. The highest BCUT2D eigenvalue weighted by molar-refractivity contribution is 6.06. The van der Waals surface area contributed by atoms with Crippen LogP contribution in [-0.2, 0) is 11.8 Å². The van der Waals surface area contributed by atoms with Gasteiger partial charge in [0, 0.05) is 43.8 Å². The topological polar surface area (TPSA) is 75.6 Å². The second-order valence-corrected chi connectivity index (χ2v) is 9.83. The first-order chi connectivity index (χ1) is 15.2. The van der Waals surface area contributed by atoms with E-state index in [0.29, 0.717) is 19.0 Å². The molecule has 3 rings (SSSR count). The first kappa shape index (κ1) is 24.1. The summed E-state index contributed by atoms with van der Waals surface area (Å²) >= 11 is 0. The number of nitrogens with zero attached hydrogens (tertiary/aromatic N) is 2. The van der Waals surface area contributed by atoms with Gasteiger partial charge < -0.3 is 24.8 Å². The Morgan fingerprint density at radius 3 is 2.69 bits per heavy atom. The highest BCUT2D eigenvalue weighted by Gasteiger charge is 2.23. The molecular weight excluding hydrogens is 404 g/mol. The lowest BCUT2D eigenvalue weighted by Gasteiger charge is -2.21. The number of likely N-dealkylation sites (tertiary alicyclic amines) is 1. The molecule has 7 heteroatoms. The maximum atomic E-state index is 12.6. The fourth-order valence-electron chi connectivity index (χ4n) is 4.28. The summed E-state index contributed by atoms with van der Waals surface area (Å²) in [6, 6.07) is 7.99. The molecule has 0 radical (unpaired) electrons. The summed E-state index contributed by atoms with van der Waals surface area (Å²) in [5.74, 6) is 0.490. The van der Waals surface area contributed by atoms with Crippen LogP contribution in [0.25, 0.3) is 10.9 Å². The third kappa shape index (κ3) is 6.99. The summed E-state index contributed by atoms with van der Waals surface area (Å²) in [5.41, 5.74) is 1.36. The molecule has 2 amide bonds. The van der Waals surface area contributed by atoms with Crippen molar-refractivity contribution in [3.05, 3.63) is 36.0 Å². The Hall–Kier alpha value is -2.54. The molecule has 0 saturated carbocycles. The lowest BCUT2D eigenvalue weighted by Crippen LogP contribution is -2.36. The van der Waals surface area contributed by atoms with Crippen LogP contribution in [0.1, 0.15) is 56.8 Å². The van der Waals surface area contributed by atoms with Gasteiger partial charge in [-0.15, -0.1) is 0 Å². The van der Waals surface area contributed by atoms with Crippen molar-refractivity contribution in [3.63, 3.8) is 0 Å². The van der Waals surface area contributed by atoms with E-state index in [-0.39, 0.29) is 12.0 Å². The molecule has 1 fully saturated rings. The molecule has 2 heterocycles. The summed E-state index contributed by atoms with van der Waals surface area (Å²) in [6.45, 7) is 10.2. The van der Waals surface area contributed by atoms with E-state index in [1.165, 1.54) is 0 Å². The van der Waals surface area contributed by atoms with Gasteiger partial charge in [0.05, 0.1) is 5.56 Å². The molecule has 1 atom stereocenters. The second-order valence-electron chi connectivity index (χ2n) is 9.83. The number of carbonyl (C=O) groups is 2. The van der Waals surface area contributed by atoms with E-state index < -0.39 is 5.60 Å². The van der Waals surface area contributed by atoms with Gasteiger partial charge in [0.2, 0.25) is 0 Å². The number of nitrogens with one attached hydrogen (secondary N) is 2. The SMILES string of the molecule is Cn1cc(C(=O)NCCCCCN2CC[C@H](CNC(=O)OC(C)(C)C)C2)c2ccccc21. The zero-order valence-corrected chi connectivity index (χ0v) is 19.9. The molecule has 176 valence electrons. The minimum atomic E-state index is -0.458. The van der Waals surface area contributed by atoms with E-state index in [1.807, 2.05) is 62.8 Å². The van der Waals surface area contributed by atoms with Crippen LogP contribution in [0.4, 0.5) is 4.79 Å². The lowest BCUT2D eigenvalue weighted by atomic mass is 10.1. The minimum Gasteiger partial charge on any atom is -0.444 e. The molecule has 1 aromatic carbocycles. The number of unbranched alkanes of at least 4 members (excludes halogenated alkanes) is 2.